The highest BCUT2D eigenvalue weighted by Crippen LogP contribution is 2.54. The third kappa shape index (κ3) is 1.89. The maximum atomic E-state index is 6.19. The fourth-order valence-electron chi connectivity index (χ4n) is 4.33. The van der Waals surface area contributed by atoms with Gasteiger partial charge in [0.25, 0.3) is 0 Å². The van der Waals surface area contributed by atoms with Gasteiger partial charge in [0.15, 0.2) is 0 Å². The molecule has 0 atom stereocenters. The van der Waals surface area contributed by atoms with Crippen LogP contribution in [0.4, 0.5) is 0 Å². The molecule has 0 spiro atoms. The molecular weight excluding hydrogens is 372 g/mol. The first kappa shape index (κ1) is 15.2. The van der Waals surface area contributed by atoms with E-state index in [1.165, 1.54) is 38.6 Å². The van der Waals surface area contributed by atoms with Crippen molar-refractivity contribution < 1.29 is 4.42 Å². The van der Waals surface area contributed by atoms with Crippen LogP contribution in [0, 0.1) is 0 Å². The summed E-state index contributed by atoms with van der Waals surface area (Å²) in [5.41, 5.74) is 8.77. The highest BCUT2D eigenvalue weighted by Gasteiger charge is 2.38. The van der Waals surface area contributed by atoms with E-state index < -0.39 is 0 Å². The van der Waals surface area contributed by atoms with E-state index in [0.29, 0.717) is 0 Å². The zero-order chi connectivity index (χ0) is 17.3. The fourth-order valence-corrected chi connectivity index (χ4v) is 4.83. The van der Waals surface area contributed by atoms with Gasteiger partial charge in [-0.3, -0.25) is 0 Å². The maximum absolute atomic E-state index is 6.19. The molecule has 3 aromatic carbocycles. The number of aryl methyl sites for hydroxylation is 1. The first-order valence-electron chi connectivity index (χ1n) is 8.80. The second kappa shape index (κ2) is 4.98. The van der Waals surface area contributed by atoms with Crippen molar-refractivity contribution in [1.29, 1.82) is 0 Å². The molecule has 0 saturated heterocycles. The van der Waals surface area contributed by atoms with E-state index in [2.05, 4.69) is 79.2 Å². The van der Waals surface area contributed by atoms with E-state index in [4.69, 9.17) is 4.42 Å². The molecule has 25 heavy (non-hydrogen) atoms. The van der Waals surface area contributed by atoms with Gasteiger partial charge in [0.2, 0.25) is 0 Å². The van der Waals surface area contributed by atoms with Crippen molar-refractivity contribution in [3.63, 3.8) is 0 Å². The van der Waals surface area contributed by atoms with Gasteiger partial charge < -0.3 is 4.42 Å². The van der Waals surface area contributed by atoms with E-state index in [1.807, 2.05) is 6.07 Å². The number of fused-ring (bicyclic) bond motifs is 7. The Labute approximate surface area is 155 Å². The minimum atomic E-state index is -0.00900. The molecule has 4 aromatic rings. The summed E-state index contributed by atoms with van der Waals surface area (Å²) in [7, 11) is 0. The summed E-state index contributed by atoms with van der Waals surface area (Å²) >= 11 is 3.76. The number of hydrogen-bond acceptors (Lipinski definition) is 1. The summed E-state index contributed by atoms with van der Waals surface area (Å²) in [6, 6.07) is 17.5. The standard InChI is InChI=1S/C23H19BrO/c1-4-13-9-10-14-16(11-13)23(2,3)17-12-18(24)22-21(20(14)17)15-7-5-6-8-19(15)25-22/h5-12H,4H2,1-3H3. The molecule has 0 aliphatic heterocycles. The van der Waals surface area contributed by atoms with Crippen molar-refractivity contribution in [2.24, 2.45) is 0 Å². The van der Waals surface area contributed by atoms with Crippen molar-refractivity contribution in [3.8, 4) is 11.1 Å². The Kier molecular flexibility index (Phi) is 3.03. The first-order chi connectivity index (χ1) is 12.0. The quantitative estimate of drug-likeness (QED) is 0.334. The molecule has 0 radical (unpaired) electrons. The summed E-state index contributed by atoms with van der Waals surface area (Å²) in [4.78, 5) is 0. The molecule has 1 aliphatic carbocycles. The molecule has 1 aliphatic rings. The van der Waals surface area contributed by atoms with E-state index >= 15 is 0 Å². The zero-order valence-corrected chi connectivity index (χ0v) is 16.2. The molecule has 0 fully saturated rings. The SMILES string of the molecule is CCc1ccc2c(c1)C(C)(C)c1cc(Br)c3oc4ccccc4c3c1-2. The molecular formula is C23H19BrO. The van der Waals surface area contributed by atoms with Crippen molar-refractivity contribution in [3.05, 3.63) is 69.7 Å². The highest BCUT2D eigenvalue weighted by atomic mass is 79.9. The number of furan rings is 1. The van der Waals surface area contributed by atoms with Gasteiger partial charge in [-0.15, -0.1) is 0 Å². The number of hydrogen-bond donors (Lipinski definition) is 0. The van der Waals surface area contributed by atoms with E-state index in [0.717, 1.165) is 22.1 Å². The molecule has 0 N–H and O–H groups in total. The minimum absolute atomic E-state index is 0.00900. The Balaban J connectivity index is 2.00. The number of halogens is 1. The molecule has 5 rings (SSSR count). The minimum Gasteiger partial charge on any atom is -0.455 e. The zero-order valence-electron chi connectivity index (χ0n) is 14.6. The van der Waals surface area contributed by atoms with Crippen LogP contribution in [0.1, 0.15) is 37.5 Å². The molecule has 1 nitrogen and oxygen atoms in total. The molecule has 0 saturated carbocycles. The highest BCUT2D eigenvalue weighted by molar-refractivity contribution is 9.10. The lowest BCUT2D eigenvalue weighted by molar-refractivity contribution is 0.654. The lowest BCUT2D eigenvalue weighted by Gasteiger charge is -2.22. The molecule has 1 heterocycles. The van der Waals surface area contributed by atoms with Gasteiger partial charge in [-0.1, -0.05) is 57.2 Å². The number of rotatable bonds is 1. The molecule has 1 aromatic heterocycles. The normalized spacial score (nSPS) is 14.9. The lowest BCUT2D eigenvalue weighted by Crippen LogP contribution is -2.15. The lowest BCUT2D eigenvalue weighted by atomic mass is 9.81. The molecule has 0 bridgehead atoms. The van der Waals surface area contributed by atoms with Crippen LogP contribution < -0.4 is 0 Å². The Bertz CT molecular complexity index is 1160. The second-order valence-corrected chi connectivity index (χ2v) is 8.30. The van der Waals surface area contributed by atoms with Gasteiger partial charge in [-0.25, -0.2) is 0 Å². The number of para-hydroxylation sites is 1. The molecule has 124 valence electrons. The van der Waals surface area contributed by atoms with Crippen LogP contribution in [0.15, 0.2) is 57.4 Å². The van der Waals surface area contributed by atoms with Crippen LogP contribution in [0.25, 0.3) is 33.1 Å². The van der Waals surface area contributed by atoms with Crippen molar-refractivity contribution in [1.82, 2.24) is 0 Å². The van der Waals surface area contributed by atoms with Crippen molar-refractivity contribution >= 4 is 37.9 Å². The van der Waals surface area contributed by atoms with Crippen LogP contribution in [-0.4, -0.2) is 0 Å². The number of benzene rings is 3. The van der Waals surface area contributed by atoms with Crippen molar-refractivity contribution in [2.75, 3.05) is 0 Å². The summed E-state index contributed by atoms with van der Waals surface area (Å²) in [6.45, 7) is 6.88. The van der Waals surface area contributed by atoms with E-state index in [1.54, 1.807) is 0 Å². The average molecular weight is 391 g/mol. The van der Waals surface area contributed by atoms with Crippen molar-refractivity contribution in [2.45, 2.75) is 32.6 Å². The van der Waals surface area contributed by atoms with Gasteiger partial charge in [0, 0.05) is 16.2 Å². The molecule has 2 heteroatoms. The summed E-state index contributed by atoms with van der Waals surface area (Å²) in [5.74, 6) is 0. The van der Waals surface area contributed by atoms with Crippen LogP contribution >= 0.6 is 15.9 Å². The van der Waals surface area contributed by atoms with Gasteiger partial charge in [-0.2, -0.15) is 0 Å². The van der Waals surface area contributed by atoms with E-state index in [9.17, 15) is 0 Å². The second-order valence-electron chi connectivity index (χ2n) is 7.44. The summed E-state index contributed by atoms with van der Waals surface area (Å²) in [5, 5.41) is 2.43. The van der Waals surface area contributed by atoms with Crippen LogP contribution in [0.5, 0.6) is 0 Å². The fraction of sp³-hybridized carbons (Fsp3) is 0.217. The first-order valence-corrected chi connectivity index (χ1v) is 9.59. The smallest absolute Gasteiger partial charge is 0.150 e. The van der Waals surface area contributed by atoms with Crippen LogP contribution in [0.3, 0.4) is 0 Å². The Morgan fingerprint density at radius 3 is 2.60 bits per heavy atom. The molecule has 0 amide bonds. The summed E-state index contributed by atoms with van der Waals surface area (Å²) in [6.07, 6.45) is 1.06. The topological polar surface area (TPSA) is 13.1 Å². The largest absolute Gasteiger partial charge is 0.455 e. The summed E-state index contributed by atoms with van der Waals surface area (Å²) < 4.78 is 7.23. The van der Waals surface area contributed by atoms with E-state index in [-0.39, 0.29) is 5.41 Å². The van der Waals surface area contributed by atoms with Gasteiger partial charge in [0.1, 0.15) is 11.2 Å². The third-order valence-corrected chi connectivity index (χ3v) is 6.30. The van der Waals surface area contributed by atoms with Crippen LogP contribution in [0.2, 0.25) is 0 Å². The predicted octanol–water partition coefficient (Wildman–Crippen LogP) is 7.22. The van der Waals surface area contributed by atoms with Crippen LogP contribution in [-0.2, 0) is 11.8 Å². The van der Waals surface area contributed by atoms with Gasteiger partial charge in [0.05, 0.1) is 4.47 Å². The third-order valence-electron chi connectivity index (χ3n) is 5.71. The predicted molar refractivity (Wildman–Crippen MR) is 108 cm³/mol. The molecule has 0 unspecified atom stereocenters. The van der Waals surface area contributed by atoms with Gasteiger partial charge in [-0.05, 0) is 62.3 Å². The Morgan fingerprint density at radius 2 is 1.80 bits per heavy atom. The monoisotopic (exact) mass is 390 g/mol. The Morgan fingerprint density at radius 1 is 1.00 bits per heavy atom. The average Bonchev–Trinajstić information content (AvgIpc) is 3.10. The maximum Gasteiger partial charge on any atom is 0.150 e. The van der Waals surface area contributed by atoms with Gasteiger partial charge >= 0.3 is 0 Å². The Hall–Kier alpha value is -2.06.